The minimum Gasteiger partial charge on any atom is -0.390 e. The summed E-state index contributed by atoms with van der Waals surface area (Å²) in [6, 6.07) is 18.2. The van der Waals surface area contributed by atoms with E-state index in [1.807, 2.05) is 50.2 Å². The summed E-state index contributed by atoms with van der Waals surface area (Å²) in [7, 11) is 0. The molecule has 0 aliphatic rings. The molecule has 35 heavy (non-hydrogen) atoms. The fraction of sp³-hybridized carbons (Fsp3) is 0.464. The zero-order valence-electron chi connectivity index (χ0n) is 20.7. The summed E-state index contributed by atoms with van der Waals surface area (Å²) in [5.74, 6) is -0.903. The van der Waals surface area contributed by atoms with Crippen molar-refractivity contribution < 1.29 is 19.8 Å². The Kier molecular flexibility index (Phi) is 12.0. The van der Waals surface area contributed by atoms with E-state index in [4.69, 9.17) is 5.26 Å². The van der Waals surface area contributed by atoms with E-state index in [0.29, 0.717) is 30.6 Å². The summed E-state index contributed by atoms with van der Waals surface area (Å²) in [6.07, 6.45) is 0.295. The number of hydrogen-bond acceptors (Lipinski definition) is 5. The highest BCUT2D eigenvalue weighted by Gasteiger charge is 2.27. The van der Waals surface area contributed by atoms with E-state index in [-0.39, 0.29) is 31.2 Å². The SMILES string of the molecule is CCCN(CCC)C(=O)c1cccc(C(=O)NCC(Cc2ccccc2)C(O)C(O)CCC#N)c1. The molecular formula is C28H37N3O4. The number of hydrogen-bond donors (Lipinski definition) is 3. The smallest absolute Gasteiger partial charge is 0.253 e. The van der Waals surface area contributed by atoms with Gasteiger partial charge in [0, 0.05) is 43.1 Å². The van der Waals surface area contributed by atoms with Crippen LogP contribution in [-0.4, -0.2) is 58.8 Å². The molecule has 2 amide bonds. The molecule has 0 aliphatic heterocycles. The van der Waals surface area contributed by atoms with Gasteiger partial charge in [0.15, 0.2) is 0 Å². The van der Waals surface area contributed by atoms with Crippen molar-refractivity contribution in [2.45, 2.75) is 58.2 Å². The standard InChI is InChI=1S/C28H37N3O4/c1-3-16-31(17-4-2)28(35)23-13-8-12-22(19-23)27(34)30-20-24(18-21-10-6-5-7-11-21)26(33)25(32)14-9-15-29/h5-8,10-13,19,24-26,32-33H,3-4,9,14,16-18,20H2,1-2H3,(H,30,34). The molecule has 2 rings (SSSR count). The van der Waals surface area contributed by atoms with Gasteiger partial charge in [-0.1, -0.05) is 50.2 Å². The highest BCUT2D eigenvalue weighted by Crippen LogP contribution is 2.18. The lowest BCUT2D eigenvalue weighted by Gasteiger charge is -2.27. The van der Waals surface area contributed by atoms with E-state index in [1.165, 1.54) is 0 Å². The van der Waals surface area contributed by atoms with Crippen molar-refractivity contribution in [3.63, 3.8) is 0 Å². The van der Waals surface area contributed by atoms with Crippen LogP contribution < -0.4 is 5.32 Å². The van der Waals surface area contributed by atoms with Crippen molar-refractivity contribution in [3.8, 4) is 6.07 Å². The first-order valence-electron chi connectivity index (χ1n) is 12.4. The Balaban J connectivity index is 2.12. The van der Waals surface area contributed by atoms with Crippen molar-refractivity contribution >= 4 is 11.8 Å². The lowest BCUT2D eigenvalue weighted by atomic mass is 9.89. The first-order chi connectivity index (χ1) is 16.9. The largest absolute Gasteiger partial charge is 0.390 e. The first-order valence-corrected chi connectivity index (χ1v) is 12.4. The third-order valence-electron chi connectivity index (χ3n) is 5.94. The second kappa shape index (κ2) is 14.9. The number of aliphatic hydroxyl groups excluding tert-OH is 2. The van der Waals surface area contributed by atoms with Gasteiger partial charge in [0.25, 0.3) is 11.8 Å². The average molecular weight is 480 g/mol. The fourth-order valence-electron chi connectivity index (χ4n) is 4.08. The number of nitrogens with one attached hydrogen (secondary N) is 1. The molecule has 0 saturated carbocycles. The summed E-state index contributed by atoms with van der Waals surface area (Å²) in [4.78, 5) is 27.7. The quantitative estimate of drug-likeness (QED) is 0.383. The van der Waals surface area contributed by atoms with Crippen molar-refractivity contribution in [3.05, 3.63) is 71.3 Å². The molecular weight excluding hydrogens is 442 g/mol. The predicted octanol–water partition coefficient (Wildman–Crippen LogP) is 3.56. The topological polar surface area (TPSA) is 114 Å². The Bertz CT molecular complexity index is 968. The van der Waals surface area contributed by atoms with Gasteiger partial charge in [-0.05, 0) is 49.4 Å². The van der Waals surface area contributed by atoms with Gasteiger partial charge in [0.1, 0.15) is 0 Å². The molecule has 0 aromatic heterocycles. The maximum atomic E-state index is 12.9. The number of nitrogens with zero attached hydrogens (tertiary/aromatic N) is 2. The van der Waals surface area contributed by atoms with Gasteiger partial charge in [-0.2, -0.15) is 5.26 Å². The Morgan fingerprint density at radius 2 is 1.66 bits per heavy atom. The molecule has 7 nitrogen and oxygen atoms in total. The van der Waals surface area contributed by atoms with Gasteiger partial charge < -0.3 is 20.4 Å². The predicted molar refractivity (Wildman–Crippen MR) is 136 cm³/mol. The van der Waals surface area contributed by atoms with Crippen LogP contribution in [0, 0.1) is 17.2 Å². The Hall–Kier alpha value is -3.21. The number of carbonyl (C=O) groups excluding carboxylic acids is 2. The van der Waals surface area contributed by atoms with Crippen molar-refractivity contribution in [2.75, 3.05) is 19.6 Å². The van der Waals surface area contributed by atoms with Gasteiger partial charge in [-0.25, -0.2) is 0 Å². The van der Waals surface area contributed by atoms with Gasteiger partial charge in [0.05, 0.1) is 18.3 Å². The maximum Gasteiger partial charge on any atom is 0.253 e. The molecule has 0 spiro atoms. The fourth-order valence-corrected chi connectivity index (χ4v) is 4.08. The molecule has 0 aliphatic carbocycles. The number of aliphatic hydroxyl groups is 2. The summed E-state index contributed by atoms with van der Waals surface area (Å²) < 4.78 is 0. The Labute approximate surface area is 208 Å². The van der Waals surface area contributed by atoms with Crippen LogP contribution in [0.4, 0.5) is 0 Å². The zero-order chi connectivity index (χ0) is 25.6. The van der Waals surface area contributed by atoms with Crippen LogP contribution in [0.2, 0.25) is 0 Å². The molecule has 3 unspecified atom stereocenters. The number of nitriles is 1. The molecule has 0 radical (unpaired) electrons. The van der Waals surface area contributed by atoms with E-state index in [9.17, 15) is 19.8 Å². The second-order valence-electron chi connectivity index (χ2n) is 8.79. The summed E-state index contributed by atoms with van der Waals surface area (Å²) in [5, 5.41) is 32.8. The van der Waals surface area contributed by atoms with E-state index >= 15 is 0 Å². The third-order valence-corrected chi connectivity index (χ3v) is 5.94. The molecule has 3 atom stereocenters. The molecule has 2 aromatic carbocycles. The van der Waals surface area contributed by atoms with Crippen LogP contribution in [-0.2, 0) is 6.42 Å². The molecule has 188 valence electrons. The number of carbonyl (C=O) groups is 2. The molecule has 2 aromatic rings. The zero-order valence-corrected chi connectivity index (χ0v) is 20.7. The molecule has 7 heteroatoms. The van der Waals surface area contributed by atoms with Crippen LogP contribution in [0.15, 0.2) is 54.6 Å². The van der Waals surface area contributed by atoms with Crippen LogP contribution in [0.1, 0.15) is 65.8 Å². The van der Waals surface area contributed by atoms with Crippen LogP contribution in [0.25, 0.3) is 0 Å². The van der Waals surface area contributed by atoms with E-state index in [1.54, 1.807) is 29.2 Å². The lowest BCUT2D eigenvalue weighted by Crippen LogP contribution is -2.42. The molecule has 3 N–H and O–H groups in total. The monoisotopic (exact) mass is 479 g/mol. The maximum absolute atomic E-state index is 12.9. The highest BCUT2D eigenvalue weighted by molar-refractivity contribution is 5.99. The van der Waals surface area contributed by atoms with Gasteiger partial charge >= 0.3 is 0 Å². The van der Waals surface area contributed by atoms with Crippen molar-refractivity contribution in [2.24, 2.45) is 5.92 Å². The number of amides is 2. The van der Waals surface area contributed by atoms with Crippen LogP contribution in [0.3, 0.4) is 0 Å². The first kappa shape index (κ1) is 28.0. The highest BCUT2D eigenvalue weighted by atomic mass is 16.3. The summed E-state index contributed by atoms with van der Waals surface area (Å²) in [6.45, 7) is 5.51. The molecule has 0 heterocycles. The molecule has 0 fully saturated rings. The lowest BCUT2D eigenvalue weighted by molar-refractivity contribution is -0.0198. The van der Waals surface area contributed by atoms with E-state index in [0.717, 1.165) is 18.4 Å². The number of rotatable bonds is 14. The third kappa shape index (κ3) is 8.82. The second-order valence-corrected chi connectivity index (χ2v) is 8.79. The Morgan fingerprint density at radius 3 is 2.29 bits per heavy atom. The van der Waals surface area contributed by atoms with Gasteiger partial charge in [-0.15, -0.1) is 0 Å². The van der Waals surface area contributed by atoms with Crippen molar-refractivity contribution in [1.82, 2.24) is 10.2 Å². The number of benzene rings is 2. The van der Waals surface area contributed by atoms with Crippen LogP contribution in [0.5, 0.6) is 0 Å². The minimum atomic E-state index is -1.10. The Morgan fingerprint density at radius 1 is 1.00 bits per heavy atom. The normalized spacial score (nSPS) is 13.3. The van der Waals surface area contributed by atoms with Crippen molar-refractivity contribution in [1.29, 1.82) is 5.26 Å². The summed E-state index contributed by atoms with van der Waals surface area (Å²) >= 11 is 0. The molecule has 0 saturated heterocycles. The minimum absolute atomic E-state index is 0.0960. The van der Waals surface area contributed by atoms with Gasteiger partial charge in [0.2, 0.25) is 0 Å². The van der Waals surface area contributed by atoms with E-state index in [2.05, 4.69) is 5.32 Å². The summed E-state index contributed by atoms with van der Waals surface area (Å²) in [5.41, 5.74) is 1.80. The van der Waals surface area contributed by atoms with Crippen LogP contribution >= 0.6 is 0 Å². The van der Waals surface area contributed by atoms with E-state index < -0.39 is 18.1 Å². The average Bonchev–Trinajstić information content (AvgIpc) is 2.89. The van der Waals surface area contributed by atoms with Gasteiger partial charge in [-0.3, -0.25) is 9.59 Å². The molecule has 0 bridgehead atoms.